The third kappa shape index (κ3) is 3.18. The first-order valence-corrected chi connectivity index (χ1v) is 8.60. The van der Waals surface area contributed by atoms with Crippen molar-refractivity contribution in [2.45, 2.75) is 32.2 Å². The Morgan fingerprint density at radius 1 is 1.12 bits per heavy atom. The topological polar surface area (TPSA) is 46.9 Å². The molecule has 4 heteroatoms. The van der Waals surface area contributed by atoms with Gasteiger partial charge in [0.2, 0.25) is 0 Å². The fraction of sp³-hybridized carbons (Fsp3) is 0.300. The summed E-state index contributed by atoms with van der Waals surface area (Å²) in [6.45, 7) is 0.950. The largest absolute Gasteiger partial charge is 0.319 e. The number of amides is 1. The maximum atomic E-state index is 12.5. The highest BCUT2D eigenvalue weighted by Crippen LogP contribution is 2.26. The van der Waals surface area contributed by atoms with Crippen molar-refractivity contribution in [3.63, 3.8) is 0 Å². The molecule has 1 heterocycles. The van der Waals surface area contributed by atoms with Crippen LogP contribution >= 0.6 is 0 Å². The number of nitrogens with one attached hydrogen (secondary N) is 1. The number of anilines is 1. The minimum Gasteiger partial charge on any atom is -0.319 e. The summed E-state index contributed by atoms with van der Waals surface area (Å²) in [5, 5.41) is 9.53. The van der Waals surface area contributed by atoms with Crippen LogP contribution < -0.4 is 5.32 Å². The van der Waals surface area contributed by atoms with Crippen LogP contribution in [0.5, 0.6) is 0 Å². The first-order valence-electron chi connectivity index (χ1n) is 8.60. The van der Waals surface area contributed by atoms with E-state index in [4.69, 9.17) is 0 Å². The van der Waals surface area contributed by atoms with E-state index in [2.05, 4.69) is 10.4 Å². The monoisotopic (exact) mass is 319 g/mol. The Morgan fingerprint density at radius 2 is 1.92 bits per heavy atom. The molecule has 1 aliphatic carbocycles. The van der Waals surface area contributed by atoms with Crippen LogP contribution in [0.15, 0.2) is 54.9 Å². The zero-order chi connectivity index (χ0) is 16.4. The number of benzene rings is 2. The number of aromatic nitrogens is 2. The first kappa shape index (κ1) is 14.9. The summed E-state index contributed by atoms with van der Waals surface area (Å²) < 4.78 is 1.95. The van der Waals surface area contributed by atoms with Crippen molar-refractivity contribution in [1.29, 1.82) is 0 Å². The predicted octanol–water partition coefficient (Wildman–Crippen LogP) is 4.48. The van der Waals surface area contributed by atoms with E-state index in [0.717, 1.165) is 28.9 Å². The number of rotatable bonds is 4. The van der Waals surface area contributed by atoms with E-state index in [1.165, 1.54) is 25.7 Å². The average Bonchev–Trinajstić information content (AvgIpc) is 3.27. The normalized spacial score (nSPS) is 15.0. The molecule has 122 valence electrons. The molecular weight excluding hydrogens is 298 g/mol. The lowest BCUT2D eigenvalue weighted by Gasteiger charge is -2.08. The molecule has 1 fully saturated rings. The molecule has 4 rings (SSSR count). The van der Waals surface area contributed by atoms with Gasteiger partial charge >= 0.3 is 0 Å². The summed E-state index contributed by atoms with van der Waals surface area (Å²) in [6, 6.07) is 13.8. The van der Waals surface area contributed by atoms with Gasteiger partial charge in [0, 0.05) is 18.3 Å². The van der Waals surface area contributed by atoms with Crippen LogP contribution in [-0.2, 0) is 6.54 Å². The molecule has 0 aliphatic heterocycles. The van der Waals surface area contributed by atoms with E-state index in [9.17, 15) is 4.79 Å². The van der Waals surface area contributed by atoms with Crippen molar-refractivity contribution >= 4 is 22.4 Å². The predicted molar refractivity (Wildman–Crippen MR) is 96.1 cm³/mol. The molecule has 0 spiro atoms. The molecule has 0 bridgehead atoms. The standard InChI is InChI=1S/C20H21N3O/c24-20(18-10-9-16-7-3-4-8-17(16)11-18)22-19-12-21-23(14-19)13-15-5-1-2-6-15/h3-4,7-12,14-15H,1-2,5-6,13H2,(H,22,24). The molecule has 3 aromatic rings. The van der Waals surface area contributed by atoms with Gasteiger partial charge in [-0.25, -0.2) is 0 Å². The molecule has 0 atom stereocenters. The molecule has 1 aromatic heterocycles. The lowest BCUT2D eigenvalue weighted by atomic mass is 10.1. The third-order valence-electron chi connectivity index (χ3n) is 4.82. The second-order valence-electron chi connectivity index (χ2n) is 6.62. The van der Waals surface area contributed by atoms with E-state index >= 15 is 0 Å². The second kappa shape index (κ2) is 6.48. The van der Waals surface area contributed by atoms with Gasteiger partial charge in [-0.15, -0.1) is 0 Å². The Balaban J connectivity index is 1.45. The Labute approximate surface area is 141 Å². The molecule has 1 saturated carbocycles. The second-order valence-corrected chi connectivity index (χ2v) is 6.62. The number of carbonyl (C=O) groups is 1. The van der Waals surface area contributed by atoms with E-state index in [0.29, 0.717) is 5.56 Å². The van der Waals surface area contributed by atoms with Gasteiger partial charge in [0.1, 0.15) is 0 Å². The molecule has 0 saturated heterocycles. The van der Waals surface area contributed by atoms with E-state index in [1.54, 1.807) is 6.20 Å². The van der Waals surface area contributed by atoms with Crippen LogP contribution in [0.2, 0.25) is 0 Å². The van der Waals surface area contributed by atoms with Gasteiger partial charge in [-0.2, -0.15) is 5.10 Å². The summed E-state index contributed by atoms with van der Waals surface area (Å²) in [4.78, 5) is 12.5. The van der Waals surface area contributed by atoms with Crippen molar-refractivity contribution in [3.05, 3.63) is 60.4 Å². The molecule has 0 unspecified atom stereocenters. The number of nitrogens with zero attached hydrogens (tertiary/aromatic N) is 2. The van der Waals surface area contributed by atoms with Gasteiger partial charge in [0.15, 0.2) is 0 Å². The Morgan fingerprint density at radius 3 is 2.75 bits per heavy atom. The summed E-state index contributed by atoms with van der Waals surface area (Å²) >= 11 is 0. The third-order valence-corrected chi connectivity index (χ3v) is 4.82. The van der Waals surface area contributed by atoms with Gasteiger partial charge in [-0.1, -0.05) is 43.2 Å². The van der Waals surface area contributed by atoms with Gasteiger partial charge in [-0.3, -0.25) is 9.48 Å². The number of hydrogen-bond acceptors (Lipinski definition) is 2. The maximum Gasteiger partial charge on any atom is 0.255 e. The Kier molecular flexibility index (Phi) is 4.03. The van der Waals surface area contributed by atoms with Crippen LogP contribution in [-0.4, -0.2) is 15.7 Å². The number of carbonyl (C=O) groups excluding carboxylic acids is 1. The summed E-state index contributed by atoms with van der Waals surface area (Å²) in [5.41, 5.74) is 1.42. The highest BCUT2D eigenvalue weighted by atomic mass is 16.1. The van der Waals surface area contributed by atoms with Crippen LogP contribution in [0.25, 0.3) is 10.8 Å². The molecule has 24 heavy (non-hydrogen) atoms. The molecule has 1 aliphatic rings. The maximum absolute atomic E-state index is 12.5. The molecule has 1 amide bonds. The zero-order valence-corrected chi connectivity index (χ0v) is 13.6. The van der Waals surface area contributed by atoms with Gasteiger partial charge in [-0.05, 0) is 41.7 Å². The average molecular weight is 319 g/mol. The van der Waals surface area contributed by atoms with Crippen molar-refractivity contribution in [2.24, 2.45) is 5.92 Å². The fourth-order valence-electron chi connectivity index (χ4n) is 3.52. The molecule has 2 aromatic carbocycles. The van der Waals surface area contributed by atoms with Crippen molar-refractivity contribution in [2.75, 3.05) is 5.32 Å². The highest BCUT2D eigenvalue weighted by molar-refractivity contribution is 6.06. The minimum absolute atomic E-state index is 0.0961. The Hall–Kier alpha value is -2.62. The highest BCUT2D eigenvalue weighted by Gasteiger charge is 2.16. The fourth-order valence-corrected chi connectivity index (χ4v) is 3.52. The Bertz CT molecular complexity index is 862. The minimum atomic E-state index is -0.0961. The summed E-state index contributed by atoms with van der Waals surface area (Å²) in [6.07, 6.45) is 8.90. The van der Waals surface area contributed by atoms with Crippen molar-refractivity contribution < 1.29 is 4.79 Å². The zero-order valence-electron chi connectivity index (χ0n) is 13.6. The van der Waals surface area contributed by atoms with Crippen molar-refractivity contribution in [1.82, 2.24) is 9.78 Å². The van der Waals surface area contributed by atoms with Crippen LogP contribution in [0.4, 0.5) is 5.69 Å². The molecule has 0 radical (unpaired) electrons. The van der Waals surface area contributed by atoms with Crippen LogP contribution in [0.3, 0.4) is 0 Å². The van der Waals surface area contributed by atoms with Crippen molar-refractivity contribution in [3.8, 4) is 0 Å². The lowest BCUT2D eigenvalue weighted by molar-refractivity contribution is 0.102. The number of hydrogen-bond donors (Lipinski definition) is 1. The molecule has 1 N–H and O–H groups in total. The SMILES string of the molecule is O=C(Nc1cnn(CC2CCCC2)c1)c1ccc2ccccc2c1. The smallest absolute Gasteiger partial charge is 0.255 e. The quantitative estimate of drug-likeness (QED) is 0.771. The van der Waals surface area contributed by atoms with E-state index in [-0.39, 0.29) is 5.91 Å². The molecule has 4 nitrogen and oxygen atoms in total. The van der Waals surface area contributed by atoms with Gasteiger partial charge in [0.25, 0.3) is 5.91 Å². The van der Waals surface area contributed by atoms with Crippen LogP contribution in [0, 0.1) is 5.92 Å². The van der Waals surface area contributed by atoms with Gasteiger partial charge < -0.3 is 5.32 Å². The summed E-state index contributed by atoms with van der Waals surface area (Å²) in [5.74, 6) is 0.634. The van der Waals surface area contributed by atoms with E-state index < -0.39 is 0 Å². The number of fused-ring (bicyclic) bond motifs is 1. The van der Waals surface area contributed by atoms with Gasteiger partial charge in [0.05, 0.1) is 11.9 Å². The van der Waals surface area contributed by atoms with Crippen LogP contribution in [0.1, 0.15) is 36.0 Å². The molecular formula is C20H21N3O. The summed E-state index contributed by atoms with van der Waals surface area (Å²) in [7, 11) is 0. The lowest BCUT2D eigenvalue weighted by Crippen LogP contribution is -2.11. The van der Waals surface area contributed by atoms with E-state index in [1.807, 2.05) is 53.3 Å². The first-order chi connectivity index (χ1) is 11.8.